The van der Waals surface area contributed by atoms with E-state index in [2.05, 4.69) is 15.4 Å². The molecule has 0 bridgehead atoms. The van der Waals surface area contributed by atoms with E-state index >= 15 is 0 Å². The summed E-state index contributed by atoms with van der Waals surface area (Å²) in [5.41, 5.74) is 8.29. The molecule has 2 aliphatic carbocycles. The molecule has 0 aliphatic heterocycles. The van der Waals surface area contributed by atoms with E-state index in [-0.39, 0.29) is 43.1 Å². The van der Waals surface area contributed by atoms with Crippen LogP contribution in [0.2, 0.25) is 0 Å². The number of carboxylic acid groups (broad SMARTS) is 1. The van der Waals surface area contributed by atoms with Gasteiger partial charge in [0.1, 0.15) is 0 Å². The first-order valence-electron chi connectivity index (χ1n) is 9.30. The number of nitrogens with two attached hydrogens (primary N) is 1. The zero-order chi connectivity index (χ0) is 19.2. The monoisotopic (exact) mass is 415 g/mol. The first-order chi connectivity index (χ1) is 12.8. The van der Waals surface area contributed by atoms with Crippen LogP contribution in [-0.2, 0) is 0 Å². The Bertz CT molecular complexity index is 848. The van der Waals surface area contributed by atoms with Crippen molar-refractivity contribution in [3.05, 3.63) is 29.7 Å². The summed E-state index contributed by atoms with van der Waals surface area (Å²) in [7, 11) is 0. The van der Waals surface area contributed by atoms with Crippen molar-refractivity contribution in [1.82, 2.24) is 19.9 Å². The zero-order valence-corrected chi connectivity index (χ0v) is 16.0. The molecular weight excluding hydrogens is 392 g/mol. The Hall–Kier alpha value is -2.00. The molecule has 0 spiro atoms. The summed E-state index contributed by atoms with van der Waals surface area (Å²) >= 11 is 0. The predicted molar refractivity (Wildman–Crippen MR) is 101 cm³/mol. The average molecular weight is 416 g/mol. The SMILES string of the molecule is Cl.NC(c1cn2ncc([C@H](NC(=O)O)C3CC3)cc2n1)C1CCC(F)(F)CC1. The zero-order valence-electron chi connectivity index (χ0n) is 15.2. The van der Waals surface area contributed by atoms with Crippen molar-refractivity contribution in [3.8, 4) is 0 Å². The third-order valence-electron chi connectivity index (χ3n) is 5.70. The highest BCUT2D eigenvalue weighted by molar-refractivity contribution is 5.85. The highest BCUT2D eigenvalue weighted by atomic mass is 35.5. The number of hydrogen-bond donors (Lipinski definition) is 3. The smallest absolute Gasteiger partial charge is 0.405 e. The van der Waals surface area contributed by atoms with Crippen LogP contribution in [0.15, 0.2) is 18.5 Å². The van der Waals surface area contributed by atoms with Gasteiger partial charge in [0.15, 0.2) is 5.65 Å². The van der Waals surface area contributed by atoms with Gasteiger partial charge < -0.3 is 16.2 Å². The molecule has 2 aromatic rings. The number of halogens is 3. The molecule has 10 heteroatoms. The van der Waals surface area contributed by atoms with Crippen LogP contribution < -0.4 is 11.1 Å². The molecule has 154 valence electrons. The number of nitrogens with zero attached hydrogens (tertiary/aromatic N) is 3. The third-order valence-corrected chi connectivity index (χ3v) is 5.70. The van der Waals surface area contributed by atoms with Gasteiger partial charge in [-0.15, -0.1) is 12.4 Å². The largest absolute Gasteiger partial charge is 0.465 e. The second-order valence-electron chi connectivity index (χ2n) is 7.74. The van der Waals surface area contributed by atoms with Gasteiger partial charge in [0.05, 0.1) is 30.2 Å². The lowest BCUT2D eigenvalue weighted by Gasteiger charge is -2.31. The van der Waals surface area contributed by atoms with Crippen molar-refractivity contribution in [1.29, 1.82) is 0 Å². The fourth-order valence-electron chi connectivity index (χ4n) is 3.94. The van der Waals surface area contributed by atoms with E-state index in [1.165, 1.54) is 0 Å². The molecule has 2 heterocycles. The van der Waals surface area contributed by atoms with Crippen LogP contribution in [-0.4, -0.2) is 31.7 Å². The summed E-state index contributed by atoms with van der Waals surface area (Å²) in [4.78, 5) is 15.6. The summed E-state index contributed by atoms with van der Waals surface area (Å²) in [6, 6.07) is 1.11. The second-order valence-corrected chi connectivity index (χ2v) is 7.74. The average Bonchev–Trinajstić information content (AvgIpc) is 3.36. The van der Waals surface area contributed by atoms with Gasteiger partial charge in [-0.25, -0.2) is 23.1 Å². The second kappa shape index (κ2) is 7.79. The van der Waals surface area contributed by atoms with Gasteiger partial charge in [0.2, 0.25) is 5.92 Å². The molecule has 4 rings (SSSR count). The molecule has 2 atom stereocenters. The van der Waals surface area contributed by atoms with E-state index in [9.17, 15) is 13.6 Å². The van der Waals surface area contributed by atoms with Crippen LogP contribution in [0.5, 0.6) is 0 Å². The molecule has 4 N–H and O–H groups in total. The number of aromatic nitrogens is 3. The minimum atomic E-state index is -2.58. The molecule has 0 radical (unpaired) electrons. The van der Waals surface area contributed by atoms with Gasteiger partial charge in [0.25, 0.3) is 0 Å². The molecule has 28 heavy (non-hydrogen) atoms. The molecule has 0 aromatic carbocycles. The maximum atomic E-state index is 13.4. The van der Waals surface area contributed by atoms with Crippen LogP contribution in [0.1, 0.15) is 61.9 Å². The predicted octanol–water partition coefficient (Wildman–Crippen LogP) is 3.70. The normalized spacial score (nSPS) is 21.7. The quantitative estimate of drug-likeness (QED) is 0.690. The number of nitrogens with one attached hydrogen (secondary N) is 1. The Morgan fingerprint density at radius 1 is 1.29 bits per heavy atom. The van der Waals surface area contributed by atoms with E-state index in [1.807, 2.05) is 6.07 Å². The summed E-state index contributed by atoms with van der Waals surface area (Å²) in [5.74, 6) is -2.33. The van der Waals surface area contributed by atoms with E-state index in [4.69, 9.17) is 10.8 Å². The van der Waals surface area contributed by atoms with Crippen LogP contribution in [0, 0.1) is 11.8 Å². The molecular formula is C18H24ClF2N5O2. The molecule has 2 fully saturated rings. The number of alkyl halides is 2. The lowest BCUT2D eigenvalue weighted by Crippen LogP contribution is -2.31. The molecule has 2 aromatic heterocycles. The minimum Gasteiger partial charge on any atom is -0.465 e. The fraction of sp³-hybridized carbons (Fsp3) is 0.611. The first-order valence-corrected chi connectivity index (χ1v) is 9.30. The molecule has 1 amide bonds. The number of carbonyl (C=O) groups is 1. The van der Waals surface area contributed by atoms with Gasteiger partial charge in [-0.3, -0.25) is 0 Å². The van der Waals surface area contributed by atoms with Gasteiger partial charge in [-0.1, -0.05) is 0 Å². The number of fused-ring (bicyclic) bond motifs is 1. The molecule has 7 nitrogen and oxygen atoms in total. The van der Waals surface area contributed by atoms with E-state index in [1.54, 1.807) is 16.9 Å². The lowest BCUT2D eigenvalue weighted by atomic mass is 9.81. The Labute approximate surface area is 167 Å². The van der Waals surface area contributed by atoms with Crippen LogP contribution >= 0.6 is 12.4 Å². The van der Waals surface area contributed by atoms with Crippen molar-refractivity contribution in [2.75, 3.05) is 0 Å². The van der Waals surface area contributed by atoms with Gasteiger partial charge in [-0.05, 0) is 49.1 Å². The Balaban J connectivity index is 0.00000225. The maximum Gasteiger partial charge on any atom is 0.405 e. The number of hydrogen-bond acceptors (Lipinski definition) is 4. The lowest BCUT2D eigenvalue weighted by molar-refractivity contribution is -0.0484. The van der Waals surface area contributed by atoms with Crippen LogP contribution in [0.3, 0.4) is 0 Å². The molecule has 0 saturated heterocycles. The Morgan fingerprint density at radius 3 is 2.57 bits per heavy atom. The summed E-state index contributed by atoms with van der Waals surface area (Å²) in [5, 5.41) is 16.0. The Kier molecular flexibility index (Phi) is 5.77. The van der Waals surface area contributed by atoms with E-state index in [0.29, 0.717) is 24.2 Å². The summed E-state index contributed by atoms with van der Waals surface area (Å²) < 4.78 is 28.3. The van der Waals surface area contributed by atoms with Crippen LogP contribution in [0.25, 0.3) is 5.65 Å². The Morgan fingerprint density at radius 2 is 1.96 bits per heavy atom. The van der Waals surface area contributed by atoms with E-state index in [0.717, 1.165) is 18.4 Å². The first kappa shape index (κ1) is 20.7. The van der Waals surface area contributed by atoms with Crippen molar-refractivity contribution in [3.63, 3.8) is 0 Å². The number of rotatable bonds is 5. The fourth-order valence-corrected chi connectivity index (χ4v) is 3.94. The van der Waals surface area contributed by atoms with Crippen molar-refractivity contribution in [2.45, 2.75) is 56.5 Å². The molecule has 2 saturated carbocycles. The number of imidazole rings is 1. The van der Waals surface area contributed by atoms with Gasteiger partial charge in [0, 0.05) is 12.8 Å². The summed E-state index contributed by atoms with van der Waals surface area (Å²) in [6.45, 7) is 0. The molecule has 1 unspecified atom stereocenters. The van der Waals surface area contributed by atoms with E-state index < -0.39 is 18.1 Å². The maximum absolute atomic E-state index is 13.4. The number of amides is 1. The van der Waals surface area contributed by atoms with Crippen LogP contribution in [0.4, 0.5) is 13.6 Å². The van der Waals surface area contributed by atoms with Gasteiger partial charge >= 0.3 is 6.09 Å². The summed E-state index contributed by atoms with van der Waals surface area (Å²) in [6.07, 6.45) is 4.76. The van der Waals surface area contributed by atoms with Crippen molar-refractivity contribution < 1.29 is 18.7 Å². The topological polar surface area (TPSA) is 106 Å². The highest BCUT2D eigenvalue weighted by Gasteiger charge is 2.38. The standard InChI is InChI=1S/C18H23F2N5O2.ClH/c19-18(20)5-3-10(4-6-18)15(21)13-9-25-14(23-13)7-12(8-22-25)16(11-1-2-11)24-17(26)27;/h7-11,15-16,24H,1-6,21H2,(H,26,27);1H/t15?,16-;/m1./s1. The van der Waals surface area contributed by atoms with Gasteiger partial charge in [-0.2, -0.15) is 5.10 Å². The third kappa shape index (κ3) is 4.35. The molecule has 2 aliphatic rings. The van der Waals surface area contributed by atoms with Crippen molar-refractivity contribution >= 4 is 24.1 Å². The van der Waals surface area contributed by atoms with Crippen molar-refractivity contribution in [2.24, 2.45) is 17.6 Å². The minimum absolute atomic E-state index is 0. The highest BCUT2D eigenvalue weighted by Crippen LogP contribution is 2.42.